The number of benzene rings is 2. The van der Waals surface area contributed by atoms with Crippen LogP contribution in [0.4, 0.5) is 4.79 Å². The zero-order valence-electron chi connectivity index (χ0n) is 38.3. The van der Waals surface area contributed by atoms with Gasteiger partial charge in [-0.2, -0.15) is 11.8 Å². The number of aliphatic hydroxyl groups excluding tert-OH is 2. The first-order chi connectivity index (χ1) is 32.4. The number of thioether (sulfide) groups is 1. The number of carbonyl (C=O) groups excluding carboxylic acids is 5. The molecule has 3 heterocycles. The normalized spacial score (nSPS) is 26.7. The molecule has 3 unspecified atom stereocenters. The van der Waals surface area contributed by atoms with Gasteiger partial charge in [0.15, 0.2) is 12.1 Å². The minimum atomic E-state index is -1.47. The Hall–Kier alpha value is -3.58. The van der Waals surface area contributed by atoms with Gasteiger partial charge in [-0.3, -0.25) is 29.0 Å². The Kier molecular flexibility index (Phi) is 23.0. The third kappa shape index (κ3) is 16.8. The minimum Gasteiger partial charge on any atom is -0.861 e. The summed E-state index contributed by atoms with van der Waals surface area (Å²) >= 11 is 1.85. The van der Waals surface area contributed by atoms with Crippen LogP contribution in [0.5, 0.6) is 0 Å². The van der Waals surface area contributed by atoms with Gasteiger partial charge in [0.1, 0.15) is 30.6 Å². The average molecular weight is 988 g/mol. The number of Topliss-reactive ketones (excluding diaryl/α,β-unsaturated/α-hetero) is 1. The van der Waals surface area contributed by atoms with Crippen molar-refractivity contribution in [1.82, 2.24) is 31.9 Å². The van der Waals surface area contributed by atoms with E-state index in [1.165, 1.54) is 0 Å². The number of aliphatic imine (C=N–C) groups is 1. The number of nitrogens with one attached hydrogen (secondary N) is 6. The number of aliphatic carboxylic acids is 1. The van der Waals surface area contributed by atoms with Crippen LogP contribution in [0.15, 0.2) is 71.7 Å². The summed E-state index contributed by atoms with van der Waals surface area (Å²) in [5.74, 6) is -2.40. The predicted molar refractivity (Wildman–Crippen MR) is 246 cm³/mol. The summed E-state index contributed by atoms with van der Waals surface area (Å²) in [6.07, 6.45) is 2.98. The number of hydrogen-bond acceptors (Lipinski definition) is 15. The molecule has 2 aromatic carbocycles. The van der Waals surface area contributed by atoms with E-state index in [-0.39, 0.29) is 126 Å². The fourth-order valence-electron chi connectivity index (χ4n) is 8.77. The summed E-state index contributed by atoms with van der Waals surface area (Å²) < 4.78 is 12.2. The van der Waals surface area contributed by atoms with Crippen molar-refractivity contribution in [1.29, 1.82) is 0 Å². The Balaban J connectivity index is 0.00000864. The van der Waals surface area contributed by atoms with E-state index in [1.807, 2.05) is 30.0 Å². The number of ketones is 2. The van der Waals surface area contributed by atoms with E-state index in [0.29, 0.717) is 48.6 Å². The molecule has 6 rings (SSSR count). The van der Waals surface area contributed by atoms with Crippen LogP contribution in [0, 0.1) is 11.8 Å². The number of ether oxygens (including phenoxy) is 2. The van der Waals surface area contributed by atoms with Crippen LogP contribution >= 0.6 is 11.8 Å². The average Bonchev–Trinajstić information content (AvgIpc) is 4.00. The first-order valence-electron chi connectivity index (χ1n) is 22.9. The topological polar surface area (TPSA) is 289 Å². The van der Waals surface area contributed by atoms with Gasteiger partial charge in [0.25, 0.3) is 0 Å². The van der Waals surface area contributed by atoms with Crippen molar-refractivity contribution in [3.05, 3.63) is 83.4 Å². The van der Waals surface area contributed by atoms with Crippen molar-refractivity contribution >= 4 is 53.0 Å². The number of carbonyl (C=O) groups is 6. The number of urea groups is 1. The molecule has 2 aromatic rings. The Bertz CT molecular complexity index is 2070. The number of aliphatic hydroxyl groups is 2. The SMILES string of the molecule is O=C(O)C[C@@H]1CCC(=O)[C@H]1C/C=C\CCO[C@H]1O[C@H](CNC(=O)CNC(=O)CN=C([O-])CNCCCCC2SCC3NC(=O)NC32)[C@H](O)[C@@H](O)[C@@H]1NCc1ccc(C(=O)c2ccccc2)cc1.[K+]. The molecule has 0 radical (unpaired) electrons. The number of allylic oxidation sites excluding steroid dienone is 1. The van der Waals surface area contributed by atoms with Gasteiger partial charge >= 0.3 is 63.4 Å². The summed E-state index contributed by atoms with van der Waals surface area (Å²) in [5, 5.41) is 61.5. The molecule has 0 spiro atoms. The third-order valence-electron chi connectivity index (χ3n) is 12.5. The molecule has 1 saturated carbocycles. The van der Waals surface area contributed by atoms with Crippen molar-refractivity contribution in [3.63, 3.8) is 0 Å². The quantitative estimate of drug-likeness (QED) is 0.00874. The van der Waals surface area contributed by atoms with Gasteiger partial charge in [0.05, 0.1) is 31.3 Å². The molecule has 10 atom stereocenters. The Morgan fingerprint density at radius 1 is 0.941 bits per heavy atom. The van der Waals surface area contributed by atoms with Crippen LogP contribution in [0.2, 0.25) is 0 Å². The van der Waals surface area contributed by atoms with Crippen LogP contribution in [0.1, 0.15) is 72.9 Å². The van der Waals surface area contributed by atoms with Crippen LogP contribution in [-0.2, 0) is 35.2 Å². The number of nitrogens with zero attached hydrogens (tertiary/aromatic N) is 1. The van der Waals surface area contributed by atoms with E-state index in [2.05, 4.69) is 36.9 Å². The maximum Gasteiger partial charge on any atom is 1.00 e. The Morgan fingerprint density at radius 2 is 1.71 bits per heavy atom. The first kappa shape index (κ1) is 55.3. The fourth-order valence-corrected chi connectivity index (χ4v) is 10.3. The number of rotatable bonds is 26. The maximum atomic E-state index is 12.9. The molecule has 0 bridgehead atoms. The van der Waals surface area contributed by atoms with Crippen LogP contribution in [0.3, 0.4) is 0 Å². The van der Waals surface area contributed by atoms with Gasteiger partial charge in [0.2, 0.25) is 11.8 Å². The standard InChI is InChI=1S/C47H63N7O12S.K/c55-34-18-17-31(21-40(59)60)32(34)11-5-2-8-20-65-46-42(52-22-28-13-15-30(16-14-28)43(61)29-9-3-1-4-10-29)45(63)44(62)35(66-46)23-49-38(57)25-51-39(58)26-50-37(56)24-48-19-7-6-12-36-41-33(27-67-36)53-47(64)54-41;/h1-5,9-10,13-16,31-33,35-36,41-42,44-46,48,52,62-63H,6-8,11-12,17-27H2,(H,49,57)(H,50,56)(H,51,58)(H,59,60)(H2,53,54,64);/q;+1/p-1/b5-2-;/t31-,32-,33?,35+,36?,41?,42-,44-,45-,46-;/m0./s1. The van der Waals surface area contributed by atoms with Gasteiger partial charge in [0, 0.05) is 60.5 Å². The van der Waals surface area contributed by atoms with Crippen LogP contribution in [-0.4, -0.2) is 150 Å². The summed E-state index contributed by atoms with van der Waals surface area (Å²) in [6.45, 7) is -0.260. The second kappa shape index (κ2) is 28.3. The van der Waals surface area contributed by atoms with Crippen molar-refractivity contribution in [2.24, 2.45) is 16.8 Å². The molecule has 3 saturated heterocycles. The van der Waals surface area contributed by atoms with Crippen molar-refractivity contribution in [2.75, 3.05) is 45.1 Å². The van der Waals surface area contributed by atoms with E-state index in [9.17, 15) is 49.2 Å². The molecule has 4 amide bonds. The molecular formula is C47H62KN7O12S. The van der Waals surface area contributed by atoms with Gasteiger partial charge in [-0.15, -0.1) is 0 Å². The molecule has 4 fully saturated rings. The van der Waals surface area contributed by atoms with E-state index >= 15 is 0 Å². The molecule has 3 aliphatic heterocycles. The molecular weight excluding hydrogens is 926 g/mol. The van der Waals surface area contributed by atoms with Crippen LogP contribution < -0.4 is 88.4 Å². The summed E-state index contributed by atoms with van der Waals surface area (Å²) in [4.78, 5) is 77.0. The Labute approximate surface area is 442 Å². The van der Waals surface area contributed by atoms with E-state index in [1.54, 1.807) is 48.5 Å². The van der Waals surface area contributed by atoms with Crippen LogP contribution in [0.25, 0.3) is 0 Å². The van der Waals surface area contributed by atoms with Crippen molar-refractivity contribution in [2.45, 2.75) is 106 Å². The van der Waals surface area contributed by atoms with Gasteiger partial charge in [-0.05, 0) is 56.0 Å². The molecule has 9 N–H and O–H groups in total. The molecule has 364 valence electrons. The first-order valence-corrected chi connectivity index (χ1v) is 24.0. The smallest absolute Gasteiger partial charge is 0.861 e. The van der Waals surface area contributed by atoms with E-state index < -0.39 is 67.4 Å². The zero-order valence-corrected chi connectivity index (χ0v) is 42.2. The zero-order chi connectivity index (χ0) is 47.7. The van der Waals surface area contributed by atoms with Crippen molar-refractivity contribution in [3.8, 4) is 0 Å². The largest absolute Gasteiger partial charge is 1.00 e. The van der Waals surface area contributed by atoms with Gasteiger partial charge in [-0.1, -0.05) is 73.2 Å². The molecule has 68 heavy (non-hydrogen) atoms. The van der Waals surface area contributed by atoms with Gasteiger partial charge < -0.3 is 61.8 Å². The molecule has 19 nitrogen and oxygen atoms in total. The number of carboxylic acids is 1. The van der Waals surface area contributed by atoms with E-state index in [4.69, 9.17) is 9.47 Å². The third-order valence-corrected chi connectivity index (χ3v) is 14.0. The second-order valence-corrected chi connectivity index (χ2v) is 18.5. The second-order valence-electron chi connectivity index (χ2n) is 17.2. The van der Waals surface area contributed by atoms with E-state index in [0.717, 1.165) is 30.6 Å². The molecule has 21 heteroatoms. The predicted octanol–water partition coefficient (Wildman–Crippen LogP) is -2.83. The maximum absolute atomic E-state index is 12.9. The molecule has 0 aromatic heterocycles. The summed E-state index contributed by atoms with van der Waals surface area (Å²) in [7, 11) is 0. The Morgan fingerprint density at radius 3 is 2.47 bits per heavy atom. The number of hydrogen-bond donors (Lipinski definition) is 9. The monoisotopic (exact) mass is 987 g/mol. The summed E-state index contributed by atoms with van der Waals surface area (Å²) in [5.41, 5.74) is 1.84. The molecule has 1 aliphatic carbocycles. The fraction of sp³-hybridized carbons (Fsp3) is 0.553. The minimum absolute atomic E-state index is 0. The number of fused-ring (bicyclic) bond motifs is 1. The number of carboxylic acid groups (broad SMARTS) is 1. The van der Waals surface area contributed by atoms with Crippen molar-refractivity contribution < 1.29 is 110 Å². The number of amides is 4. The summed E-state index contributed by atoms with van der Waals surface area (Å²) in [6, 6.07) is 15.2. The van der Waals surface area contributed by atoms with Gasteiger partial charge in [-0.25, -0.2) is 4.79 Å². The number of unbranched alkanes of at least 4 members (excludes halogenated alkanes) is 1. The molecule has 4 aliphatic rings.